The van der Waals surface area contributed by atoms with E-state index in [-0.39, 0.29) is 24.4 Å². The molecular formula is C8H18ClNO2. The molecule has 0 rings (SSSR count). The van der Waals surface area contributed by atoms with E-state index >= 15 is 0 Å². The van der Waals surface area contributed by atoms with Crippen LogP contribution in [-0.4, -0.2) is 18.6 Å². The smallest absolute Gasteiger partial charge is 0.305 e. The second-order valence-corrected chi connectivity index (χ2v) is 2.60. The Morgan fingerprint density at radius 1 is 1.50 bits per heavy atom. The van der Waals surface area contributed by atoms with Crippen LogP contribution in [0.3, 0.4) is 0 Å². The fourth-order valence-corrected chi connectivity index (χ4v) is 0.594. The van der Waals surface area contributed by atoms with Crippen LogP contribution in [0, 0.1) is 0 Å². The third-order valence-electron chi connectivity index (χ3n) is 1.44. The maximum absolute atomic E-state index is 10.8. The van der Waals surface area contributed by atoms with Gasteiger partial charge in [-0.3, -0.25) is 4.79 Å². The molecule has 0 bridgehead atoms. The molecule has 2 N–H and O–H groups in total. The number of rotatable bonds is 5. The van der Waals surface area contributed by atoms with Gasteiger partial charge in [-0.1, -0.05) is 13.8 Å². The third kappa shape index (κ3) is 7.82. The molecule has 0 fully saturated rings. The number of carbonyl (C=O) groups is 1. The topological polar surface area (TPSA) is 52.3 Å². The Kier molecular flexibility index (Phi) is 10.5. The summed E-state index contributed by atoms with van der Waals surface area (Å²) in [5, 5.41) is 0. The highest BCUT2D eigenvalue weighted by molar-refractivity contribution is 5.85. The first kappa shape index (κ1) is 14.3. The molecular weight excluding hydrogens is 178 g/mol. The minimum Gasteiger partial charge on any atom is -0.464 e. The van der Waals surface area contributed by atoms with Gasteiger partial charge in [0.1, 0.15) is 6.61 Å². The second-order valence-electron chi connectivity index (χ2n) is 2.60. The van der Waals surface area contributed by atoms with Gasteiger partial charge >= 0.3 is 5.97 Å². The number of ether oxygens (including phenoxy) is 1. The van der Waals surface area contributed by atoms with Crippen molar-refractivity contribution in [2.24, 2.45) is 5.73 Å². The molecule has 0 aliphatic heterocycles. The number of hydrogen-bond acceptors (Lipinski definition) is 3. The predicted octanol–water partition coefficient (Wildman–Crippen LogP) is 1.49. The molecule has 0 radical (unpaired) electrons. The van der Waals surface area contributed by atoms with Crippen molar-refractivity contribution in [3.05, 3.63) is 0 Å². The van der Waals surface area contributed by atoms with Crippen molar-refractivity contribution in [1.82, 2.24) is 0 Å². The third-order valence-corrected chi connectivity index (χ3v) is 1.44. The molecule has 0 heterocycles. The quantitative estimate of drug-likeness (QED) is 0.677. The van der Waals surface area contributed by atoms with E-state index in [4.69, 9.17) is 10.5 Å². The highest BCUT2D eigenvalue weighted by Gasteiger charge is 2.03. The minimum atomic E-state index is -0.142. The lowest BCUT2D eigenvalue weighted by Gasteiger charge is -2.08. The summed E-state index contributed by atoms with van der Waals surface area (Å²) in [7, 11) is 0. The molecule has 12 heavy (non-hydrogen) atoms. The van der Waals surface area contributed by atoms with Crippen LogP contribution >= 0.6 is 12.4 Å². The van der Waals surface area contributed by atoms with E-state index in [9.17, 15) is 4.79 Å². The Hall–Kier alpha value is -0.280. The van der Waals surface area contributed by atoms with Crippen LogP contribution < -0.4 is 5.73 Å². The van der Waals surface area contributed by atoms with Crippen LogP contribution in [0.1, 0.15) is 33.1 Å². The Labute approximate surface area is 80.1 Å². The summed E-state index contributed by atoms with van der Waals surface area (Å²) in [6, 6.07) is -0.00388. The highest BCUT2D eigenvalue weighted by atomic mass is 35.5. The van der Waals surface area contributed by atoms with Gasteiger partial charge in [0.05, 0.1) is 0 Å². The molecule has 0 aromatic carbocycles. The maximum Gasteiger partial charge on any atom is 0.305 e. The molecule has 0 spiro atoms. The van der Waals surface area contributed by atoms with E-state index in [1.165, 1.54) is 0 Å². The lowest BCUT2D eigenvalue weighted by atomic mass is 10.2. The van der Waals surface area contributed by atoms with E-state index < -0.39 is 0 Å². The Morgan fingerprint density at radius 3 is 2.50 bits per heavy atom. The van der Waals surface area contributed by atoms with Crippen molar-refractivity contribution in [2.75, 3.05) is 6.61 Å². The fraction of sp³-hybridized carbons (Fsp3) is 0.875. The first-order valence-corrected chi connectivity index (χ1v) is 4.11. The normalized spacial score (nSPS) is 11.6. The van der Waals surface area contributed by atoms with E-state index in [1.54, 1.807) is 0 Å². The van der Waals surface area contributed by atoms with E-state index in [0.717, 1.165) is 12.8 Å². The molecule has 4 heteroatoms. The van der Waals surface area contributed by atoms with Crippen molar-refractivity contribution in [3.8, 4) is 0 Å². The van der Waals surface area contributed by atoms with E-state index in [0.29, 0.717) is 13.0 Å². The number of hydrogen-bond donors (Lipinski definition) is 1. The zero-order valence-electron chi connectivity index (χ0n) is 7.71. The van der Waals surface area contributed by atoms with Gasteiger partial charge < -0.3 is 10.5 Å². The summed E-state index contributed by atoms with van der Waals surface area (Å²) in [4.78, 5) is 10.8. The summed E-state index contributed by atoms with van der Waals surface area (Å²) >= 11 is 0. The first-order chi connectivity index (χ1) is 5.20. The van der Waals surface area contributed by atoms with Crippen LogP contribution in [-0.2, 0) is 9.53 Å². The van der Waals surface area contributed by atoms with Crippen LogP contribution in [0.15, 0.2) is 0 Å². The number of carbonyl (C=O) groups excluding carboxylic acids is 1. The van der Waals surface area contributed by atoms with Crippen LogP contribution in [0.4, 0.5) is 0 Å². The van der Waals surface area contributed by atoms with Gasteiger partial charge in [0.25, 0.3) is 0 Å². The molecule has 0 aromatic rings. The van der Waals surface area contributed by atoms with Gasteiger partial charge in [0.2, 0.25) is 0 Å². The molecule has 0 aliphatic rings. The summed E-state index contributed by atoms with van der Waals surface area (Å²) in [6.45, 7) is 4.27. The molecule has 1 unspecified atom stereocenters. The number of esters is 1. The lowest BCUT2D eigenvalue weighted by Crippen LogP contribution is -2.26. The van der Waals surface area contributed by atoms with E-state index in [1.807, 2.05) is 13.8 Å². The van der Waals surface area contributed by atoms with Crippen molar-refractivity contribution in [3.63, 3.8) is 0 Å². The second kappa shape index (κ2) is 8.81. The molecule has 0 aliphatic carbocycles. The lowest BCUT2D eigenvalue weighted by molar-refractivity contribution is -0.144. The van der Waals surface area contributed by atoms with Gasteiger partial charge in [-0.15, -0.1) is 12.4 Å². The van der Waals surface area contributed by atoms with Gasteiger partial charge in [-0.2, -0.15) is 0 Å². The molecule has 0 amide bonds. The summed E-state index contributed by atoms with van der Waals surface area (Å²) < 4.78 is 4.87. The average molecular weight is 196 g/mol. The zero-order valence-corrected chi connectivity index (χ0v) is 8.52. The highest BCUT2D eigenvalue weighted by Crippen LogP contribution is 1.93. The van der Waals surface area contributed by atoms with Gasteiger partial charge in [0, 0.05) is 12.5 Å². The Bertz CT molecular complexity index is 120. The minimum absolute atomic E-state index is 0. The first-order valence-electron chi connectivity index (χ1n) is 4.11. The molecule has 0 saturated carbocycles. The summed E-state index contributed by atoms with van der Waals surface area (Å²) in [5.74, 6) is -0.142. The SMILES string of the molecule is CCCC(=O)OCC(N)CC.Cl. The molecule has 74 valence electrons. The Balaban J connectivity index is 0. The van der Waals surface area contributed by atoms with Crippen molar-refractivity contribution in [1.29, 1.82) is 0 Å². The van der Waals surface area contributed by atoms with Gasteiger partial charge in [-0.05, 0) is 12.8 Å². The fourth-order valence-electron chi connectivity index (χ4n) is 0.594. The molecule has 0 saturated heterocycles. The maximum atomic E-state index is 10.8. The summed E-state index contributed by atoms with van der Waals surface area (Å²) in [5.41, 5.74) is 5.54. The molecule has 0 aromatic heterocycles. The predicted molar refractivity (Wildman–Crippen MR) is 51.4 cm³/mol. The van der Waals surface area contributed by atoms with E-state index in [2.05, 4.69) is 0 Å². The monoisotopic (exact) mass is 195 g/mol. The van der Waals surface area contributed by atoms with Crippen molar-refractivity contribution < 1.29 is 9.53 Å². The number of nitrogens with two attached hydrogens (primary N) is 1. The van der Waals surface area contributed by atoms with Crippen LogP contribution in [0.5, 0.6) is 0 Å². The standard InChI is InChI=1S/C8H17NO2.ClH/c1-3-5-8(10)11-6-7(9)4-2;/h7H,3-6,9H2,1-2H3;1H. The average Bonchev–Trinajstić information content (AvgIpc) is 2.01. The molecule has 3 nitrogen and oxygen atoms in total. The Morgan fingerprint density at radius 2 is 2.08 bits per heavy atom. The van der Waals surface area contributed by atoms with Crippen LogP contribution in [0.2, 0.25) is 0 Å². The largest absolute Gasteiger partial charge is 0.464 e. The van der Waals surface area contributed by atoms with Crippen molar-refractivity contribution >= 4 is 18.4 Å². The summed E-state index contributed by atoms with van der Waals surface area (Å²) in [6.07, 6.45) is 2.18. The van der Waals surface area contributed by atoms with Gasteiger partial charge in [0.15, 0.2) is 0 Å². The van der Waals surface area contributed by atoms with Crippen molar-refractivity contribution in [2.45, 2.75) is 39.2 Å². The number of halogens is 1. The van der Waals surface area contributed by atoms with Gasteiger partial charge in [-0.25, -0.2) is 0 Å². The zero-order chi connectivity index (χ0) is 8.69. The molecule has 1 atom stereocenters. The van der Waals surface area contributed by atoms with Crippen LogP contribution in [0.25, 0.3) is 0 Å².